The molecule has 1 saturated heterocycles. The lowest BCUT2D eigenvalue weighted by Gasteiger charge is -2.33. The van der Waals surface area contributed by atoms with Gasteiger partial charge in [0.05, 0.1) is 0 Å². The molecule has 1 atom stereocenters. The summed E-state index contributed by atoms with van der Waals surface area (Å²) in [5, 5.41) is 0. The van der Waals surface area contributed by atoms with Crippen molar-refractivity contribution in [3.05, 3.63) is 35.4 Å². The van der Waals surface area contributed by atoms with E-state index < -0.39 is 0 Å². The van der Waals surface area contributed by atoms with Crippen molar-refractivity contribution >= 4 is 0 Å². The molecule has 82 valence electrons. The highest BCUT2D eigenvalue weighted by Crippen LogP contribution is 2.19. The van der Waals surface area contributed by atoms with Gasteiger partial charge in [0.1, 0.15) is 0 Å². The first-order valence-corrected chi connectivity index (χ1v) is 5.81. The fraction of sp³-hybridized carbons (Fsp3) is 0.538. The average molecular weight is 204 g/mol. The van der Waals surface area contributed by atoms with Crippen molar-refractivity contribution in [3.63, 3.8) is 0 Å². The van der Waals surface area contributed by atoms with Crippen LogP contribution in [-0.2, 0) is 6.54 Å². The summed E-state index contributed by atoms with van der Waals surface area (Å²) >= 11 is 0. The van der Waals surface area contributed by atoms with Crippen molar-refractivity contribution in [2.24, 2.45) is 5.73 Å². The zero-order chi connectivity index (χ0) is 10.7. The quantitative estimate of drug-likeness (QED) is 0.812. The van der Waals surface area contributed by atoms with Gasteiger partial charge in [0.2, 0.25) is 0 Å². The molecule has 1 aromatic rings. The molecule has 1 aliphatic heterocycles. The van der Waals surface area contributed by atoms with Crippen LogP contribution in [0.2, 0.25) is 0 Å². The second-order valence-electron chi connectivity index (χ2n) is 4.50. The molecule has 0 aromatic heterocycles. The Labute approximate surface area is 92.1 Å². The highest BCUT2D eigenvalue weighted by Gasteiger charge is 2.17. The van der Waals surface area contributed by atoms with Gasteiger partial charge in [0.25, 0.3) is 0 Å². The van der Waals surface area contributed by atoms with Gasteiger partial charge in [-0.3, -0.25) is 0 Å². The van der Waals surface area contributed by atoms with E-state index in [1.54, 1.807) is 0 Å². The Balaban J connectivity index is 1.94. The molecule has 0 radical (unpaired) electrons. The Morgan fingerprint density at radius 3 is 2.40 bits per heavy atom. The lowest BCUT2D eigenvalue weighted by Crippen LogP contribution is -2.39. The summed E-state index contributed by atoms with van der Waals surface area (Å²) in [6, 6.07) is 8.71. The summed E-state index contributed by atoms with van der Waals surface area (Å²) in [4.78, 5) is 2.52. The number of hydrogen-bond donors (Lipinski definition) is 1. The van der Waals surface area contributed by atoms with E-state index in [9.17, 15) is 0 Å². The second kappa shape index (κ2) is 4.77. The van der Waals surface area contributed by atoms with E-state index in [1.165, 1.54) is 37.2 Å². The molecule has 15 heavy (non-hydrogen) atoms. The Bertz CT molecular complexity index is 301. The maximum absolute atomic E-state index is 5.58. The van der Waals surface area contributed by atoms with E-state index in [-0.39, 0.29) is 0 Å². The summed E-state index contributed by atoms with van der Waals surface area (Å²) in [6.45, 7) is 6.70. The first kappa shape index (κ1) is 10.7. The molecule has 0 amide bonds. The van der Waals surface area contributed by atoms with Gasteiger partial charge in [-0.05, 0) is 36.6 Å². The third kappa shape index (κ3) is 2.58. The Morgan fingerprint density at radius 2 is 1.93 bits per heavy atom. The van der Waals surface area contributed by atoms with Crippen molar-refractivity contribution in [1.29, 1.82) is 0 Å². The molecule has 1 fully saturated rings. The Hall–Kier alpha value is -0.860. The lowest BCUT2D eigenvalue weighted by atomic mass is 9.98. The summed E-state index contributed by atoms with van der Waals surface area (Å²) in [5.41, 5.74) is 8.23. The highest BCUT2D eigenvalue weighted by atomic mass is 15.2. The van der Waals surface area contributed by atoms with Crippen molar-refractivity contribution in [3.8, 4) is 0 Å². The van der Waals surface area contributed by atoms with Gasteiger partial charge in [-0.25, -0.2) is 0 Å². The van der Waals surface area contributed by atoms with E-state index in [1.807, 2.05) is 0 Å². The predicted octanol–water partition coefficient (Wildman–Crippen LogP) is 1.95. The summed E-state index contributed by atoms with van der Waals surface area (Å²) in [5.74, 6) is 0.636. The van der Waals surface area contributed by atoms with Gasteiger partial charge < -0.3 is 10.6 Å². The molecular weight excluding hydrogens is 184 g/mol. The molecule has 0 bridgehead atoms. The van der Waals surface area contributed by atoms with Gasteiger partial charge in [0.15, 0.2) is 0 Å². The van der Waals surface area contributed by atoms with Crippen LogP contribution in [0.15, 0.2) is 24.3 Å². The molecule has 2 nitrogen and oxygen atoms in total. The van der Waals surface area contributed by atoms with Crippen molar-refractivity contribution < 1.29 is 0 Å². The van der Waals surface area contributed by atoms with Crippen LogP contribution in [0.1, 0.15) is 30.4 Å². The minimum Gasteiger partial charge on any atom is -0.326 e. The minimum atomic E-state index is 0.636. The van der Waals surface area contributed by atoms with Crippen LogP contribution in [0.25, 0.3) is 0 Å². The van der Waals surface area contributed by atoms with Crippen molar-refractivity contribution in [2.45, 2.75) is 25.8 Å². The monoisotopic (exact) mass is 204 g/mol. The number of hydrogen-bond acceptors (Lipinski definition) is 2. The molecule has 0 aliphatic carbocycles. The van der Waals surface area contributed by atoms with E-state index in [2.05, 4.69) is 36.1 Å². The molecule has 1 aromatic carbocycles. The largest absolute Gasteiger partial charge is 0.326 e. The third-order valence-electron chi connectivity index (χ3n) is 3.27. The summed E-state index contributed by atoms with van der Waals surface area (Å²) in [7, 11) is 0. The summed E-state index contributed by atoms with van der Waals surface area (Å²) in [6.07, 6.45) is 1.37. The van der Waals surface area contributed by atoms with Crippen LogP contribution in [-0.4, -0.2) is 24.5 Å². The first-order chi connectivity index (χ1) is 7.29. The molecule has 1 unspecified atom stereocenters. The van der Waals surface area contributed by atoms with Gasteiger partial charge in [-0.15, -0.1) is 0 Å². The molecule has 0 saturated carbocycles. The predicted molar refractivity (Wildman–Crippen MR) is 63.8 cm³/mol. The molecule has 2 N–H and O–H groups in total. The van der Waals surface area contributed by atoms with Crippen molar-refractivity contribution in [1.82, 2.24) is 4.90 Å². The zero-order valence-electron chi connectivity index (χ0n) is 9.45. The average Bonchev–Trinajstić information content (AvgIpc) is 2.23. The number of benzene rings is 1. The fourth-order valence-corrected chi connectivity index (χ4v) is 2.04. The van der Waals surface area contributed by atoms with Gasteiger partial charge >= 0.3 is 0 Å². The molecule has 2 rings (SSSR count). The lowest BCUT2D eigenvalue weighted by molar-refractivity contribution is 0.172. The van der Waals surface area contributed by atoms with Crippen LogP contribution in [0, 0.1) is 0 Å². The summed E-state index contributed by atoms with van der Waals surface area (Å²) < 4.78 is 0. The van der Waals surface area contributed by atoms with Gasteiger partial charge in [0, 0.05) is 13.1 Å². The molecule has 1 aliphatic rings. The van der Waals surface area contributed by atoms with E-state index >= 15 is 0 Å². The topological polar surface area (TPSA) is 29.3 Å². The SMILES string of the molecule is CC(CN1CCC1)c1ccc(CN)cc1. The number of rotatable bonds is 4. The standard InChI is InChI=1S/C13H20N2/c1-11(10-15-7-2-8-15)13-5-3-12(9-14)4-6-13/h3-6,11H,2,7-10,14H2,1H3. The normalized spacial score (nSPS) is 18.5. The highest BCUT2D eigenvalue weighted by molar-refractivity contribution is 5.25. The molecule has 0 spiro atoms. The van der Waals surface area contributed by atoms with Gasteiger partial charge in [-0.2, -0.15) is 0 Å². The fourth-order valence-electron chi connectivity index (χ4n) is 2.04. The van der Waals surface area contributed by atoms with Crippen LogP contribution < -0.4 is 5.73 Å². The number of nitrogens with two attached hydrogens (primary N) is 1. The maximum Gasteiger partial charge on any atom is 0.0178 e. The molecule has 1 heterocycles. The van der Waals surface area contributed by atoms with E-state index in [0.717, 1.165) is 0 Å². The number of nitrogens with zero attached hydrogens (tertiary/aromatic N) is 1. The second-order valence-corrected chi connectivity index (χ2v) is 4.50. The van der Waals surface area contributed by atoms with E-state index in [4.69, 9.17) is 5.73 Å². The van der Waals surface area contributed by atoms with Crippen LogP contribution in [0.3, 0.4) is 0 Å². The van der Waals surface area contributed by atoms with Gasteiger partial charge in [-0.1, -0.05) is 31.2 Å². The Morgan fingerprint density at radius 1 is 1.27 bits per heavy atom. The molecule has 2 heteroatoms. The van der Waals surface area contributed by atoms with Crippen LogP contribution in [0.5, 0.6) is 0 Å². The van der Waals surface area contributed by atoms with Crippen LogP contribution in [0.4, 0.5) is 0 Å². The van der Waals surface area contributed by atoms with E-state index in [0.29, 0.717) is 12.5 Å². The zero-order valence-corrected chi connectivity index (χ0v) is 9.45. The smallest absolute Gasteiger partial charge is 0.0178 e. The molecular formula is C13H20N2. The van der Waals surface area contributed by atoms with Crippen LogP contribution >= 0.6 is 0 Å². The number of likely N-dealkylation sites (tertiary alicyclic amines) is 1. The minimum absolute atomic E-state index is 0.636. The third-order valence-corrected chi connectivity index (χ3v) is 3.27. The van der Waals surface area contributed by atoms with Crippen molar-refractivity contribution in [2.75, 3.05) is 19.6 Å². The Kier molecular flexibility index (Phi) is 3.39. The maximum atomic E-state index is 5.58. The first-order valence-electron chi connectivity index (χ1n) is 5.81.